The molecule has 0 bridgehead atoms. The molecule has 2 N–H and O–H groups in total. The molecule has 1 fully saturated rings. The molecule has 9 heteroatoms. The van der Waals surface area contributed by atoms with E-state index in [-0.39, 0.29) is 6.04 Å². The van der Waals surface area contributed by atoms with Crippen LogP contribution in [0, 0.1) is 0 Å². The molecule has 0 saturated heterocycles. The first-order valence-corrected chi connectivity index (χ1v) is 11.9. The summed E-state index contributed by atoms with van der Waals surface area (Å²) in [5.41, 5.74) is 7.07. The van der Waals surface area contributed by atoms with Crippen molar-refractivity contribution in [1.29, 1.82) is 0 Å². The van der Waals surface area contributed by atoms with E-state index in [4.69, 9.17) is 9.84 Å². The molecule has 0 radical (unpaired) electrons. The molecule has 0 spiro atoms. The summed E-state index contributed by atoms with van der Waals surface area (Å²) in [6.45, 7) is 2.66. The summed E-state index contributed by atoms with van der Waals surface area (Å²) in [5.74, 6) is 0.984. The number of H-pyrrole nitrogens is 1. The lowest BCUT2D eigenvalue weighted by Crippen LogP contribution is -2.23. The van der Waals surface area contributed by atoms with E-state index < -0.39 is 0 Å². The zero-order valence-electron chi connectivity index (χ0n) is 19.2. The summed E-state index contributed by atoms with van der Waals surface area (Å²) < 4.78 is 9.47. The van der Waals surface area contributed by atoms with Crippen LogP contribution in [0.4, 0.5) is 5.95 Å². The Hall–Kier alpha value is -3.20. The molecule has 4 aromatic rings. The topological polar surface area (TPSA) is 97.9 Å². The monoisotopic (exact) mass is 446 g/mol. The molecule has 6 rings (SSSR count). The minimum absolute atomic E-state index is 0.120. The van der Waals surface area contributed by atoms with E-state index in [1.54, 1.807) is 7.11 Å². The van der Waals surface area contributed by atoms with Crippen LogP contribution in [0.25, 0.3) is 16.6 Å². The maximum Gasteiger partial charge on any atom is 0.241 e. The lowest BCUT2D eigenvalue weighted by Gasteiger charge is -2.25. The van der Waals surface area contributed by atoms with Crippen LogP contribution in [-0.4, -0.2) is 54.3 Å². The summed E-state index contributed by atoms with van der Waals surface area (Å²) in [7, 11) is 1.70. The predicted octanol–water partition coefficient (Wildman–Crippen LogP) is 3.76. The Bertz CT molecular complexity index is 1270. The number of fused-ring (bicyclic) bond motifs is 2. The minimum Gasteiger partial charge on any atom is -0.383 e. The second-order valence-corrected chi connectivity index (χ2v) is 9.47. The fraction of sp³-hybridized carbons (Fsp3) is 0.500. The zero-order valence-corrected chi connectivity index (χ0v) is 19.2. The standard InChI is InChI=1S/C24H30N8O/c1-15(14-33-2)28-24-25-12-23-20(18-11-27-31(13-18)19-4-3-5-19)9-22(32(23)30-24)16-6-7-21-17(8-16)10-26-29-21/h9-13,15-16,19H,3-8,14H2,1-2H3,(H,26,29)(H,28,30)/t15-,16?/m0/s1. The van der Waals surface area contributed by atoms with Crippen molar-refractivity contribution in [2.45, 2.75) is 63.5 Å². The Labute approximate surface area is 192 Å². The fourth-order valence-electron chi connectivity index (χ4n) is 5.11. The molecule has 9 nitrogen and oxygen atoms in total. The molecule has 2 aliphatic carbocycles. The second kappa shape index (κ2) is 8.30. The molecule has 2 atom stereocenters. The van der Waals surface area contributed by atoms with Gasteiger partial charge in [0.25, 0.3) is 0 Å². The van der Waals surface area contributed by atoms with E-state index in [1.165, 1.54) is 36.2 Å². The van der Waals surface area contributed by atoms with Gasteiger partial charge in [0, 0.05) is 47.8 Å². The molecular weight excluding hydrogens is 416 g/mol. The molecule has 172 valence electrons. The molecule has 0 amide bonds. The van der Waals surface area contributed by atoms with Gasteiger partial charge < -0.3 is 10.1 Å². The van der Waals surface area contributed by atoms with Gasteiger partial charge in [-0.1, -0.05) is 0 Å². The first kappa shape index (κ1) is 20.4. The van der Waals surface area contributed by atoms with E-state index in [9.17, 15) is 0 Å². The first-order valence-electron chi connectivity index (χ1n) is 11.9. The Morgan fingerprint density at radius 1 is 1.24 bits per heavy atom. The molecule has 0 aliphatic heterocycles. The van der Waals surface area contributed by atoms with E-state index in [1.807, 2.05) is 18.6 Å². The normalized spacial score (nSPS) is 19.4. The van der Waals surface area contributed by atoms with E-state index in [0.29, 0.717) is 24.5 Å². The van der Waals surface area contributed by atoms with Gasteiger partial charge in [0.1, 0.15) is 0 Å². The van der Waals surface area contributed by atoms with Crippen LogP contribution in [0.5, 0.6) is 0 Å². The number of nitrogens with one attached hydrogen (secondary N) is 2. The average molecular weight is 447 g/mol. The largest absolute Gasteiger partial charge is 0.383 e. The summed E-state index contributed by atoms with van der Waals surface area (Å²) in [5, 5.41) is 20.4. The molecule has 4 aromatic heterocycles. The van der Waals surface area contributed by atoms with Crippen molar-refractivity contribution in [3.63, 3.8) is 0 Å². The number of aryl methyl sites for hydroxylation is 1. The molecule has 2 aliphatic rings. The lowest BCUT2D eigenvalue weighted by molar-refractivity contribution is 0.190. The van der Waals surface area contributed by atoms with Gasteiger partial charge in [-0.25, -0.2) is 9.50 Å². The van der Waals surface area contributed by atoms with Crippen molar-refractivity contribution >= 4 is 11.5 Å². The predicted molar refractivity (Wildman–Crippen MR) is 125 cm³/mol. The highest BCUT2D eigenvalue weighted by Gasteiger charge is 2.27. The van der Waals surface area contributed by atoms with Gasteiger partial charge in [0.05, 0.1) is 36.8 Å². The highest BCUT2D eigenvalue weighted by molar-refractivity contribution is 5.81. The number of anilines is 1. The maximum absolute atomic E-state index is 5.26. The number of aromatic amines is 1. The highest BCUT2D eigenvalue weighted by atomic mass is 16.5. The van der Waals surface area contributed by atoms with E-state index >= 15 is 0 Å². The van der Waals surface area contributed by atoms with Crippen molar-refractivity contribution < 1.29 is 4.74 Å². The second-order valence-electron chi connectivity index (χ2n) is 9.47. The van der Waals surface area contributed by atoms with Crippen LogP contribution in [0.2, 0.25) is 0 Å². The SMILES string of the molecule is COC[C@H](C)Nc1ncc2c(-c3cnn(C4CCC4)c3)cc(C3CCc4[nH]ncc4C3)n2n1. The molecular formula is C24H30N8O. The summed E-state index contributed by atoms with van der Waals surface area (Å²) in [4.78, 5) is 4.63. The number of rotatable bonds is 7. The Morgan fingerprint density at radius 2 is 2.15 bits per heavy atom. The average Bonchev–Trinajstić information content (AvgIpc) is 3.50. The van der Waals surface area contributed by atoms with Crippen LogP contribution < -0.4 is 5.32 Å². The number of ether oxygens (including phenoxy) is 1. The molecule has 0 aromatic carbocycles. The van der Waals surface area contributed by atoms with Gasteiger partial charge in [-0.15, -0.1) is 5.10 Å². The molecule has 1 unspecified atom stereocenters. The Morgan fingerprint density at radius 3 is 2.97 bits per heavy atom. The number of hydrogen-bond donors (Lipinski definition) is 2. The Kier molecular flexibility index (Phi) is 5.13. The third-order valence-corrected chi connectivity index (χ3v) is 7.13. The van der Waals surface area contributed by atoms with E-state index in [2.05, 4.69) is 54.0 Å². The number of hydrogen-bond acceptors (Lipinski definition) is 6. The van der Waals surface area contributed by atoms with Crippen molar-refractivity contribution in [1.82, 2.24) is 34.6 Å². The smallest absolute Gasteiger partial charge is 0.241 e. The molecule has 33 heavy (non-hydrogen) atoms. The van der Waals surface area contributed by atoms with Crippen LogP contribution in [0.1, 0.15) is 61.5 Å². The molecule has 1 saturated carbocycles. The van der Waals surface area contributed by atoms with Gasteiger partial charge in [0.2, 0.25) is 5.95 Å². The van der Waals surface area contributed by atoms with Gasteiger partial charge in [-0.3, -0.25) is 9.78 Å². The van der Waals surface area contributed by atoms with Crippen molar-refractivity contribution in [3.05, 3.63) is 47.8 Å². The van der Waals surface area contributed by atoms with Crippen LogP contribution in [0.15, 0.2) is 30.9 Å². The highest BCUT2D eigenvalue weighted by Crippen LogP contribution is 2.38. The van der Waals surface area contributed by atoms with Crippen molar-refractivity contribution in [3.8, 4) is 11.1 Å². The number of methoxy groups -OCH3 is 1. The summed E-state index contributed by atoms with van der Waals surface area (Å²) >= 11 is 0. The Balaban J connectivity index is 1.41. The zero-order chi connectivity index (χ0) is 22.4. The third kappa shape index (κ3) is 3.70. The van der Waals surface area contributed by atoms with E-state index in [0.717, 1.165) is 35.9 Å². The van der Waals surface area contributed by atoms with Gasteiger partial charge in [-0.05, 0) is 57.1 Å². The van der Waals surface area contributed by atoms with Crippen LogP contribution in [-0.2, 0) is 17.6 Å². The van der Waals surface area contributed by atoms with Gasteiger partial charge in [-0.2, -0.15) is 10.2 Å². The summed E-state index contributed by atoms with van der Waals surface area (Å²) in [6.07, 6.45) is 14.8. The third-order valence-electron chi connectivity index (χ3n) is 7.13. The number of nitrogens with zero attached hydrogens (tertiary/aromatic N) is 6. The number of aromatic nitrogens is 7. The fourth-order valence-corrected chi connectivity index (χ4v) is 5.11. The van der Waals surface area contributed by atoms with Crippen LogP contribution >= 0.6 is 0 Å². The van der Waals surface area contributed by atoms with Gasteiger partial charge >= 0.3 is 0 Å². The quantitative estimate of drug-likeness (QED) is 0.449. The maximum atomic E-state index is 5.26. The van der Waals surface area contributed by atoms with Crippen LogP contribution in [0.3, 0.4) is 0 Å². The van der Waals surface area contributed by atoms with Crippen molar-refractivity contribution in [2.75, 3.05) is 19.0 Å². The first-order chi connectivity index (χ1) is 16.2. The minimum atomic E-state index is 0.120. The van der Waals surface area contributed by atoms with Gasteiger partial charge in [0.15, 0.2) is 0 Å². The summed E-state index contributed by atoms with van der Waals surface area (Å²) in [6, 6.07) is 2.96. The van der Waals surface area contributed by atoms with Crippen molar-refractivity contribution in [2.24, 2.45) is 0 Å². The lowest BCUT2D eigenvalue weighted by atomic mass is 9.85. The molecule has 4 heterocycles.